The number of phenols is 1. The molecule has 0 aliphatic heterocycles. The molecule has 0 radical (unpaired) electrons. The number of carboxylic acids is 1. The van der Waals surface area contributed by atoms with Crippen LogP contribution in [-0.4, -0.2) is 28.0 Å². The Morgan fingerprint density at radius 1 is 0.958 bits per heavy atom. The monoisotopic (exact) mass is 330 g/mol. The molecule has 4 N–H and O–H groups in total. The minimum atomic E-state index is -1.58. The first-order chi connectivity index (χ1) is 11.3. The summed E-state index contributed by atoms with van der Waals surface area (Å²) in [6.45, 7) is 1.32. The number of nitrogens with one attached hydrogen (secondary N) is 2. The van der Waals surface area contributed by atoms with Crippen molar-refractivity contribution in [2.45, 2.75) is 6.92 Å². The second-order valence-corrected chi connectivity index (χ2v) is 4.75. The molecule has 0 spiro atoms. The number of phenolic OH excluding ortho intramolecular Hbond substituents is 1. The molecule has 0 saturated carbocycles. The largest absolute Gasteiger partial charge is 0.506 e. The van der Waals surface area contributed by atoms with E-state index in [2.05, 4.69) is 10.6 Å². The van der Waals surface area contributed by atoms with E-state index in [4.69, 9.17) is 9.84 Å². The number of aromatic hydroxyl groups is 1. The van der Waals surface area contributed by atoms with Crippen LogP contribution < -0.4 is 15.4 Å². The van der Waals surface area contributed by atoms with Gasteiger partial charge in [-0.2, -0.15) is 0 Å². The van der Waals surface area contributed by atoms with Crippen LogP contribution in [0.3, 0.4) is 0 Å². The van der Waals surface area contributed by atoms with E-state index >= 15 is 0 Å². The molecule has 124 valence electrons. The molecule has 8 heteroatoms. The van der Waals surface area contributed by atoms with Gasteiger partial charge in [0.1, 0.15) is 17.2 Å². The highest BCUT2D eigenvalue weighted by Crippen LogP contribution is 2.31. The number of carbonyl (C=O) groups is 3. The quantitative estimate of drug-likeness (QED) is 0.503. The van der Waals surface area contributed by atoms with Gasteiger partial charge in [-0.1, -0.05) is 0 Å². The number of rotatable bonds is 4. The molecule has 8 nitrogen and oxygen atoms in total. The molecule has 0 heterocycles. The fourth-order valence-electron chi connectivity index (χ4n) is 1.80. The van der Waals surface area contributed by atoms with E-state index in [1.54, 1.807) is 0 Å². The van der Waals surface area contributed by atoms with Gasteiger partial charge in [-0.3, -0.25) is 9.59 Å². The molecule has 0 saturated heterocycles. The van der Waals surface area contributed by atoms with Gasteiger partial charge in [0, 0.05) is 18.7 Å². The number of hydrogen-bond acceptors (Lipinski definition) is 5. The number of carboxylic acid groups (broad SMARTS) is 1. The summed E-state index contributed by atoms with van der Waals surface area (Å²) in [5.74, 6) is -2.35. The Bertz CT molecular complexity index is 786. The Hall–Kier alpha value is -3.55. The van der Waals surface area contributed by atoms with Crippen LogP contribution in [0, 0.1) is 0 Å². The highest BCUT2D eigenvalue weighted by atomic mass is 16.5. The van der Waals surface area contributed by atoms with Gasteiger partial charge in [-0.15, -0.1) is 0 Å². The molecular formula is C16H14N2O6. The highest BCUT2D eigenvalue weighted by molar-refractivity contribution is 6.36. The third-order valence-electron chi connectivity index (χ3n) is 2.82. The smallest absolute Gasteiger partial charge is 0.394 e. The zero-order valence-corrected chi connectivity index (χ0v) is 12.6. The van der Waals surface area contributed by atoms with E-state index in [0.717, 1.165) is 0 Å². The maximum Gasteiger partial charge on any atom is 0.394 e. The topological polar surface area (TPSA) is 125 Å². The summed E-state index contributed by atoms with van der Waals surface area (Å²) < 4.78 is 5.57. The van der Waals surface area contributed by atoms with Crippen LogP contribution in [0.5, 0.6) is 17.2 Å². The molecule has 0 aromatic heterocycles. The summed E-state index contributed by atoms with van der Waals surface area (Å²) in [5, 5.41) is 22.8. The van der Waals surface area contributed by atoms with E-state index in [9.17, 15) is 19.5 Å². The van der Waals surface area contributed by atoms with Crippen molar-refractivity contribution in [1.82, 2.24) is 0 Å². The summed E-state index contributed by atoms with van der Waals surface area (Å²) in [5.41, 5.74) is 0.518. The summed E-state index contributed by atoms with van der Waals surface area (Å²) in [7, 11) is 0. The third kappa shape index (κ3) is 4.47. The van der Waals surface area contributed by atoms with Crippen LogP contribution >= 0.6 is 0 Å². The van der Waals surface area contributed by atoms with Gasteiger partial charge in [-0.25, -0.2) is 4.79 Å². The number of hydrogen-bond donors (Lipinski definition) is 4. The van der Waals surface area contributed by atoms with Crippen molar-refractivity contribution in [3.05, 3.63) is 42.5 Å². The van der Waals surface area contributed by atoms with E-state index in [1.165, 1.54) is 49.4 Å². The van der Waals surface area contributed by atoms with Crippen molar-refractivity contribution < 1.29 is 29.3 Å². The van der Waals surface area contributed by atoms with Gasteiger partial charge in [0.2, 0.25) is 5.91 Å². The van der Waals surface area contributed by atoms with Crippen molar-refractivity contribution >= 4 is 29.2 Å². The van der Waals surface area contributed by atoms with E-state index in [1.807, 2.05) is 0 Å². The first-order valence-electron chi connectivity index (χ1n) is 6.78. The van der Waals surface area contributed by atoms with Crippen LogP contribution in [0.15, 0.2) is 42.5 Å². The molecule has 2 aromatic carbocycles. The van der Waals surface area contributed by atoms with Crippen LogP contribution in [0.4, 0.5) is 11.4 Å². The summed E-state index contributed by atoms with van der Waals surface area (Å²) >= 11 is 0. The maximum atomic E-state index is 11.1. The number of aliphatic carboxylic acids is 1. The summed E-state index contributed by atoms with van der Waals surface area (Å²) in [6, 6.07) is 10.4. The lowest BCUT2D eigenvalue weighted by molar-refractivity contribution is -0.147. The average Bonchev–Trinajstić information content (AvgIpc) is 2.52. The molecular weight excluding hydrogens is 316 g/mol. The Morgan fingerprint density at radius 2 is 1.58 bits per heavy atom. The van der Waals surface area contributed by atoms with Gasteiger partial charge >= 0.3 is 11.9 Å². The minimum Gasteiger partial charge on any atom is -0.506 e. The predicted octanol–water partition coefficient (Wildman–Crippen LogP) is 2.17. The SMILES string of the molecule is CC(=O)Nc1cc(Oc2ccc(NC(=O)C(=O)O)cc2)ccc1O. The molecule has 2 rings (SSSR count). The molecule has 0 fully saturated rings. The van der Waals surface area contributed by atoms with Gasteiger partial charge in [0.25, 0.3) is 0 Å². The predicted molar refractivity (Wildman–Crippen MR) is 85.2 cm³/mol. The highest BCUT2D eigenvalue weighted by Gasteiger charge is 2.11. The summed E-state index contributed by atoms with van der Waals surface area (Å²) in [4.78, 5) is 32.6. The van der Waals surface area contributed by atoms with Crippen molar-refractivity contribution in [3.63, 3.8) is 0 Å². The van der Waals surface area contributed by atoms with Crippen LogP contribution in [0.25, 0.3) is 0 Å². The van der Waals surface area contributed by atoms with Crippen LogP contribution in [0.1, 0.15) is 6.92 Å². The standard InChI is InChI=1S/C16H14N2O6/c1-9(19)17-13-8-12(6-7-14(13)20)24-11-4-2-10(3-5-11)18-15(21)16(22)23/h2-8,20H,1H3,(H,17,19)(H,18,21)(H,22,23). The fraction of sp³-hybridized carbons (Fsp3) is 0.0625. The van der Waals surface area contributed by atoms with Crippen molar-refractivity contribution in [2.75, 3.05) is 10.6 Å². The van der Waals surface area contributed by atoms with Gasteiger partial charge in [0.15, 0.2) is 0 Å². The van der Waals surface area contributed by atoms with Gasteiger partial charge in [0.05, 0.1) is 5.69 Å². The lowest BCUT2D eigenvalue weighted by Crippen LogP contribution is -2.21. The lowest BCUT2D eigenvalue weighted by atomic mass is 10.2. The normalized spacial score (nSPS) is 9.88. The van der Waals surface area contributed by atoms with Crippen LogP contribution in [-0.2, 0) is 14.4 Å². The van der Waals surface area contributed by atoms with E-state index < -0.39 is 11.9 Å². The average molecular weight is 330 g/mol. The first-order valence-corrected chi connectivity index (χ1v) is 6.78. The molecule has 0 aliphatic rings. The lowest BCUT2D eigenvalue weighted by Gasteiger charge is -2.10. The summed E-state index contributed by atoms with van der Waals surface area (Å²) in [6.07, 6.45) is 0. The molecule has 0 aliphatic carbocycles. The Morgan fingerprint density at radius 3 is 2.17 bits per heavy atom. The van der Waals surface area contributed by atoms with Crippen LogP contribution in [0.2, 0.25) is 0 Å². The maximum absolute atomic E-state index is 11.1. The zero-order chi connectivity index (χ0) is 17.7. The fourth-order valence-corrected chi connectivity index (χ4v) is 1.80. The van der Waals surface area contributed by atoms with Crippen molar-refractivity contribution in [1.29, 1.82) is 0 Å². The molecule has 2 aromatic rings. The first kappa shape index (κ1) is 16.8. The Balaban J connectivity index is 2.10. The third-order valence-corrected chi connectivity index (χ3v) is 2.82. The zero-order valence-electron chi connectivity index (χ0n) is 12.6. The minimum absolute atomic E-state index is 0.0933. The number of carbonyl (C=O) groups excluding carboxylic acids is 2. The molecule has 0 atom stereocenters. The van der Waals surface area contributed by atoms with Gasteiger partial charge in [-0.05, 0) is 36.4 Å². The van der Waals surface area contributed by atoms with E-state index in [-0.39, 0.29) is 17.3 Å². The Labute approximate surface area is 136 Å². The van der Waals surface area contributed by atoms with E-state index in [0.29, 0.717) is 17.2 Å². The molecule has 24 heavy (non-hydrogen) atoms. The number of amides is 2. The number of ether oxygens (including phenoxy) is 1. The van der Waals surface area contributed by atoms with Crippen molar-refractivity contribution in [2.24, 2.45) is 0 Å². The molecule has 0 bridgehead atoms. The Kier molecular flexibility index (Phi) is 5.00. The number of benzene rings is 2. The second kappa shape index (κ2) is 7.14. The molecule has 2 amide bonds. The number of anilines is 2. The second-order valence-electron chi connectivity index (χ2n) is 4.75. The molecule has 0 unspecified atom stereocenters. The van der Waals surface area contributed by atoms with Gasteiger partial charge < -0.3 is 25.6 Å². The van der Waals surface area contributed by atoms with Crippen molar-refractivity contribution in [3.8, 4) is 17.2 Å².